The molecule has 1 saturated heterocycles. The Hall–Kier alpha value is -1.85. The van der Waals surface area contributed by atoms with Gasteiger partial charge in [0.1, 0.15) is 6.10 Å². The molecule has 0 spiro atoms. The van der Waals surface area contributed by atoms with Crippen molar-refractivity contribution < 1.29 is 31.1 Å². The van der Waals surface area contributed by atoms with E-state index in [1.165, 1.54) is 0 Å². The number of ether oxygens (including phenoxy) is 1. The maximum absolute atomic E-state index is 12.8. The first-order chi connectivity index (χ1) is 11.1. The number of sulfonamides is 1. The molecular weight excluding hydrogens is 351 g/mol. The van der Waals surface area contributed by atoms with Gasteiger partial charge in [-0.25, -0.2) is 8.42 Å². The van der Waals surface area contributed by atoms with Gasteiger partial charge in [-0.1, -0.05) is 0 Å². The van der Waals surface area contributed by atoms with Gasteiger partial charge in [-0.3, -0.25) is 9.52 Å². The molecule has 0 saturated carbocycles. The predicted octanol–water partition coefficient (Wildman–Crippen LogP) is 1.00. The zero-order valence-corrected chi connectivity index (χ0v) is 13.4. The van der Waals surface area contributed by atoms with E-state index in [1.807, 2.05) is 0 Å². The molecule has 7 nitrogen and oxygen atoms in total. The number of hydrogen-bond donors (Lipinski definition) is 3. The van der Waals surface area contributed by atoms with Crippen molar-refractivity contribution in [2.45, 2.75) is 12.3 Å². The number of carbonyl (C=O) groups excluding carboxylic acids is 1. The minimum absolute atomic E-state index is 0.164. The fourth-order valence-electron chi connectivity index (χ4n) is 2.06. The summed E-state index contributed by atoms with van der Waals surface area (Å²) in [5.41, 5.74) is -1.48. The monoisotopic (exact) mass is 367 g/mol. The first-order valence-electron chi connectivity index (χ1n) is 6.88. The van der Waals surface area contributed by atoms with Crippen LogP contribution in [0.3, 0.4) is 0 Å². The summed E-state index contributed by atoms with van der Waals surface area (Å²) in [5.74, 6) is -0.668. The average molecular weight is 367 g/mol. The van der Waals surface area contributed by atoms with E-state index >= 15 is 0 Å². The van der Waals surface area contributed by atoms with Crippen LogP contribution < -0.4 is 15.4 Å². The van der Waals surface area contributed by atoms with Crippen LogP contribution in [-0.4, -0.2) is 46.4 Å². The van der Waals surface area contributed by atoms with Gasteiger partial charge in [-0.2, -0.15) is 13.2 Å². The molecule has 24 heavy (non-hydrogen) atoms. The molecule has 2 rings (SSSR count). The van der Waals surface area contributed by atoms with Crippen molar-refractivity contribution in [1.82, 2.24) is 5.32 Å². The molecule has 0 aromatic heterocycles. The SMILES string of the molecule is CS(=O)(=O)Nc1ccc(C(F)(F)F)cc1NC(=O)C1CNCCO1. The first kappa shape index (κ1) is 18.5. The Kier molecular flexibility index (Phi) is 5.35. The lowest BCUT2D eigenvalue weighted by Gasteiger charge is -2.23. The van der Waals surface area contributed by atoms with Crippen molar-refractivity contribution in [2.75, 3.05) is 36.0 Å². The number of rotatable bonds is 4. The number of morpholine rings is 1. The van der Waals surface area contributed by atoms with Gasteiger partial charge in [0.15, 0.2) is 0 Å². The van der Waals surface area contributed by atoms with Crippen LogP contribution in [0.1, 0.15) is 5.56 Å². The summed E-state index contributed by atoms with van der Waals surface area (Å²) >= 11 is 0. The summed E-state index contributed by atoms with van der Waals surface area (Å²) < 4.78 is 68.5. The summed E-state index contributed by atoms with van der Waals surface area (Å²) in [6.45, 7) is 1.06. The number of anilines is 2. The van der Waals surface area contributed by atoms with Gasteiger partial charge in [-0.05, 0) is 18.2 Å². The molecule has 1 fully saturated rings. The Bertz CT molecular complexity index is 716. The highest BCUT2D eigenvalue weighted by Gasteiger charge is 2.32. The third kappa shape index (κ3) is 5.08. The van der Waals surface area contributed by atoms with Gasteiger partial charge in [0.05, 0.1) is 29.8 Å². The molecule has 1 heterocycles. The van der Waals surface area contributed by atoms with E-state index in [1.54, 1.807) is 0 Å². The van der Waals surface area contributed by atoms with Crippen LogP contribution in [-0.2, 0) is 25.7 Å². The lowest BCUT2D eigenvalue weighted by molar-refractivity contribution is -0.137. The fraction of sp³-hybridized carbons (Fsp3) is 0.462. The van der Waals surface area contributed by atoms with E-state index in [0.29, 0.717) is 12.6 Å². The van der Waals surface area contributed by atoms with E-state index in [4.69, 9.17) is 4.74 Å². The van der Waals surface area contributed by atoms with Crippen molar-refractivity contribution in [3.05, 3.63) is 23.8 Å². The minimum Gasteiger partial charge on any atom is -0.366 e. The van der Waals surface area contributed by atoms with Crippen LogP contribution in [0.25, 0.3) is 0 Å². The minimum atomic E-state index is -4.63. The lowest BCUT2D eigenvalue weighted by Crippen LogP contribution is -2.45. The van der Waals surface area contributed by atoms with Crippen LogP contribution in [0, 0.1) is 0 Å². The van der Waals surface area contributed by atoms with Crippen molar-refractivity contribution in [3.8, 4) is 0 Å². The first-order valence-corrected chi connectivity index (χ1v) is 8.77. The van der Waals surface area contributed by atoms with Crippen molar-refractivity contribution in [2.24, 2.45) is 0 Å². The maximum atomic E-state index is 12.8. The van der Waals surface area contributed by atoms with Crippen LogP contribution in [0.4, 0.5) is 24.5 Å². The number of hydrogen-bond acceptors (Lipinski definition) is 5. The zero-order valence-electron chi connectivity index (χ0n) is 12.6. The average Bonchev–Trinajstić information content (AvgIpc) is 2.47. The molecule has 1 aliphatic rings. The predicted molar refractivity (Wildman–Crippen MR) is 81.1 cm³/mol. The lowest BCUT2D eigenvalue weighted by atomic mass is 10.1. The Morgan fingerprint density at radius 3 is 2.58 bits per heavy atom. The highest BCUT2D eigenvalue weighted by molar-refractivity contribution is 7.92. The number of halogens is 3. The molecule has 1 aromatic rings. The molecule has 0 aliphatic carbocycles. The second-order valence-corrected chi connectivity index (χ2v) is 6.93. The van der Waals surface area contributed by atoms with Crippen molar-refractivity contribution >= 4 is 27.3 Å². The van der Waals surface area contributed by atoms with Crippen LogP contribution in [0.2, 0.25) is 0 Å². The highest BCUT2D eigenvalue weighted by Crippen LogP contribution is 2.34. The summed E-state index contributed by atoms with van der Waals surface area (Å²) in [4.78, 5) is 12.1. The summed E-state index contributed by atoms with van der Waals surface area (Å²) in [7, 11) is -3.73. The smallest absolute Gasteiger partial charge is 0.366 e. The summed E-state index contributed by atoms with van der Waals surface area (Å²) in [5, 5.41) is 5.20. The maximum Gasteiger partial charge on any atom is 0.416 e. The molecule has 11 heteroatoms. The summed E-state index contributed by atoms with van der Waals surface area (Å²) in [6, 6.07) is 2.34. The topological polar surface area (TPSA) is 96.5 Å². The molecule has 3 N–H and O–H groups in total. The number of nitrogens with one attached hydrogen (secondary N) is 3. The highest BCUT2D eigenvalue weighted by atomic mass is 32.2. The third-order valence-corrected chi connectivity index (χ3v) is 3.71. The number of alkyl halides is 3. The quantitative estimate of drug-likeness (QED) is 0.738. The number of benzene rings is 1. The summed E-state index contributed by atoms with van der Waals surface area (Å²) in [6.07, 6.45) is -4.66. The van der Waals surface area contributed by atoms with Gasteiger partial charge >= 0.3 is 6.18 Å². The molecule has 0 radical (unpaired) electrons. The second kappa shape index (κ2) is 6.95. The van der Waals surface area contributed by atoms with Gasteiger partial charge in [-0.15, -0.1) is 0 Å². The second-order valence-electron chi connectivity index (χ2n) is 5.19. The van der Waals surface area contributed by atoms with Gasteiger partial charge < -0.3 is 15.4 Å². The molecule has 1 aromatic carbocycles. The molecule has 1 amide bonds. The normalized spacial score (nSPS) is 18.9. The van der Waals surface area contributed by atoms with E-state index in [0.717, 1.165) is 18.4 Å². The van der Waals surface area contributed by atoms with Crippen LogP contribution in [0.5, 0.6) is 0 Å². The third-order valence-electron chi connectivity index (χ3n) is 3.12. The number of carbonyl (C=O) groups is 1. The molecular formula is C13H16F3N3O4S. The van der Waals surface area contributed by atoms with E-state index in [2.05, 4.69) is 15.4 Å². The van der Waals surface area contributed by atoms with Gasteiger partial charge in [0.25, 0.3) is 5.91 Å². The molecule has 1 aliphatic heterocycles. The number of amides is 1. The molecule has 1 unspecified atom stereocenters. The standard InChI is InChI=1S/C13H16F3N3O4S/c1-24(21,22)19-9-3-2-8(13(14,15)16)6-10(9)18-12(20)11-7-17-4-5-23-11/h2-3,6,11,17,19H,4-5,7H2,1H3,(H,18,20). The van der Waals surface area contributed by atoms with Crippen molar-refractivity contribution in [3.63, 3.8) is 0 Å². The van der Waals surface area contributed by atoms with Crippen LogP contribution >= 0.6 is 0 Å². The van der Waals surface area contributed by atoms with Gasteiger partial charge in [0, 0.05) is 13.1 Å². The van der Waals surface area contributed by atoms with Crippen molar-refractivity contribution in [1.29, 1.82) is 0 Å². The van der Waals surface area contributed by atoms with Crippen LogP contribution in [0.15, 0.2) is 18.2 Å². The Morgan fingerprint density at radius 2 is 2.04 bits per heavy atom. The van der Waals surface area contributed by atoms with Gasteiger partial charge in [0.2, 0.25) is 10.0 Å². The molecule has 134 valence electrons. The fourth-order valence-corrected chi connectivity index (χ4v) is 2.64. The Balaban J connectivity index is 2.30. The Morgan fingerprint density at radius 1 is 1.33 bits per heavy atom. The Labute approximate surface area is 136 Å². The van der Waals surface area contributed by atoms with E-state index in [-0.39, 0.29) is 24.5 Å². The molecule has 1 atom stereocenters. The van der Waals surface area contributed by atoms with E-state index in [9.17, 15) is 26.4 Å². The zero-order chi connectivity index (χ0) is 18.0. The molecule has 0 bridgehead atoms. The largest absolute Gasteiger partial charge is 0.416 e. The van der Waals surface area contributed by atoms with E-state index < -0.39 is 33.8 Å².